The summed E-state index contributed by atoms with van der Waals surface area (Å²) in [5.74, 6) is -0.490. The molecule has 1 amide bonds. The van der Waals surface area contributed by atoms with Gasteiger partial charge in [-0.3, -0.25) is 9.59 Å². The number of ketones is 1. The molecule has 3 rings (SSSR count). The van der Waals surface area contributed by atoms with Gasteiger partial charge in [-0.05, 0) is 31.2 Å². The van der Waals surface area contributed by atoms with Crippen LogP contribution >= 0.6 is 11.6 Å². The molecule has 0 unspecified atom stereocenters. The number of amides is 1. The Kier molecular flexibility index (Phi) is 3.65. The molecule has 1 aromatic carbocycles. The van der Waals surface area contributed by atoms with Crippen molar-refractivity contribution in [1.82, 2.24) is 9.61 Å². The van der Waals surface area contributed by atoms with Crippen molar-refractivity contribution < 1.29 is 9.59 Å². The Morgan fingerprint density at radius 2 is 2.00 bits per heavy atom. The van der Waals surface area contributed by atoms with Crippen LogP contribution in [0.5, 0.6) is 0 Å². The van der Waals surface area contributed by atoms with Gasteiger partial charge in [-0.1, -0.05) is 29.8 Å². The first-order valence-corrected chi connectivity index (χ1v) is 6.99. The molecule has 0 radical (unpaired) electrons. The van der Waals surface area contributed by atoms with Crippen LogP contribution in [-0.2, 0) is 0 Å². The predicted octanol–water partition coefficient (Wildman–Crippen LogP) is 3.44. The number of hydrogen-bond acceptors (Lipinski definition) is 3. The topological polar surface area (TPSA) is 63.5 Å². The number of hydrogen-bond donors (Lipinski definition) is 1. The monoisotopic (exact) mass is 313 g/mol. The molecule has 1 N–H and O–H groups in total. The van der Waals surface area contributed by atoms with Crippen LogP contribution in [0.4, 0.5) is 5.69 Å². The maximum Gasteiger partial charge on any atom is 0.277 e. The van der Waals surface area contributed by atoms with E-state index in [9.17, 15) is 9.59 Å². The third kappa shape index (κ3) is 2.58. The highest BCUT2D eigenvalue weighted by atomic mass is 35.5. The summed E-state index contributed by atoms with van der Waals surface area (Å²) in [6.07, 6.45) is 1.72. The minimum atomic E-state index is -0.422. The first-order valence-electron chi connectivity index (χ1n) is 6.61. The molecule has 0 aliphatic rings. The number of nitrogens with zero attached hydrogens (tertiary/aromatic N) is 2. The average Bonchev–Trinajstić information content (AvgIpc) is 2.85. The molecular weight excluding hydrogens is 302 g/mol. The number of halogens is 1. The number of fused-ring (bicyclic) bond motifs is 1. The number of carbonyl (C=O) groups is 2. The third-order valence-electron chi connectivity index (χ3n) is 3.22. The normalized spacial score (nSPS) is 10.6. The average molecular weight is 314 g/mol. The Labute approximate surface area is 131 Å². The van der Waals surface area contributed by atoms with Crippen LogP contribution in [0, 0.1) is 0 Å². The number of aromatic nitrogens is 2. The molecule has 0 atom stereocenters. The molecule has 3 aromatic rings. The zero-order chi connectivity index (χ0) is 15.7. The highest BCUT2D eigenvalue weighted by molar-refractivity contribution is 6.37. The van der Waals surface area contributed by atoms with Gasteiger partial charge in [-0.2, -0.15) is 5.10 Å². The molecule has 110 valence electrons. The lowest BCUT2D eigenvalue weighted by Gasteiger charge is -2.04. The van der Waals surface area contributed by atoms with Gasteiger partial charge in [0.05, 0.1) is 10.5 Å². The summed E-state index contributed by atoms with van der Waals surface area (Å²) in [4.78, 5) is 23.7. The first-order chi connectivity index (χ1) is 10.6. The zero-order valence-electron chi connectivity index (χ0n) is 11.7. The van der Waals surface area contributed by atoms with Crippen LogP contribution in [0.2, 0.25) is 5.02 Å². The fraction of sp³-hybridized carbons (Fsp3) is 0.0625. The maximum absolute atomic E-state index is 12.3. The van der Waals surface area contributed by atoms with Gasteiger partial charge in [0.25, 0.3) is 5.91 Å². The number of pyridine rings is 1. The number of rotatable bonds is 3. The number of anilines is 1. The lowest BCUT2D eigenvalue weighted by atomic mass is 10.1. The van der Waals surface area contributed by atoms with E-state index < -0.39 is 5.91 Å². The van der Waals surface area contributed by atoms with Crippen molar-refractivity contribution in [2.45, 2.75) is 6.92 Å². The zero-order valence-corrected chi connectivity index (χ0v) is 12.5. The van der Waals surface area contributed by atoms with E-state index in [1.54, 1.807) is 47.1 Å². The van der Waals surface area contributed by atoms with Crippen LogP contribution in [0.3, 0.4) is 0 Å². The number of nitrogens with one attached hydrogen (secondary N) is 1. The van der Waals surface area contributed by atoms with Crippen LogP contribution in [0.15, 0.2) is 48.7 Å². The van der Waals surface area contributed by atoms with E-state index in [4.69, 9.17) is 11.6 Å². The van der Waals surface area contributed by atoms with Gasteiger partial charge >= 0.3 is 0 Å². The summed E-state index contributed by atoms with van der Waals surface area (Å²) in [5, 5.41) is 7.17. The summed E-state index contributed by atoms with van der Waals surface area (Å²) in [5.41, 5.74) is 1.85. The van der Waals surface area contributed by atoms with Crippen molar-refractivity contribution in [2.75, 3.05) is 5.32 Å². The number of Topliss-reactive ketones (excluding diaryl/α,β-unsaturated/α-hetero) is 1. The van der Waals surface area contributed by atoms with Crippen LogP contribution in [0.25, 0.3) is 5.52 Å². The van der Waals surface area contributed by atoms with Crippen molar-refractivity contribution in [1.29, 1.82) is 0 Å². The first kappa shape index (κ1) is 14.3. The van der Waals surface area contributed by atoms with Gasteiger partial charge in [0, 0.05) is 17.4 Å². The molecule has 6 heteroatoms. The smallest absolute Gasteiger partial charge is 0.277 e. The number of benzene rings is 1. The van der Waals surface area contributed by atoms with E-state index in [1.807, 2.05) is 6.07 Å². The fourth-order valence-electron chi connectivity index (χ4n) is 2.12. The molecule has 0 fully saturated rings. The van der Waals surface area contributed by atoms with E-state index in [2.05, 4.69) is 10.4 Å². The van der Waals surface area contributed by atoms with Crippen LogP contribution < -0.4 is 5.32 Å². The fourth-order valence-corrected chi connectivity index (χ4v) is 2.39. The Hall–Kier alpha value is -2.66. The molecule has 22 heavy (non-hydrogen) atoms. The Morgan fingerprint density at radius 3 is 2.73 bits per heavy atom. The maximum atomic E-state index is 12.3. The van der Waals surface area contributed by atoms with Crippen molar-refractivity contribution >= 4 is 34.5 Å². The molecule has 0 saturated heterocycles. The lowest BCUT2D eigenvalue weighted by molar-refractivity contribution is 0.100. The second kappa shape index (κ2) is 5.61. The molecule has 5 nitrogen and oxygen atoms in total. The summed E-state index contributed by atoms with van der Waals surface area (Å²) < 4.78 is 1.54. The predicted molar refractivity (Wildman–Crippen MR) is 84.6 cm³/mol. The molecule has 0 saturated carbocycles. The SMILES string of the molecule is CC(=O)c1cccc(NC(=O)c2nn3ccccc3c2Cl)c1. The van der Waals surface area contributed by atoms with Crippen molar-refractivity contribution in [3.05, 3.63) is 64.9 Å². The van der Waals surface area contributed by atoms with Crippen molar-refractivity contribution in [3.8, 4) is 0 Å². The Morgan fingerprint density at radius 1 is 1.18 bits per heavy atom. The molecule has 2 heterocycles. The molecular formula is C16H12ClN3O2. The van der Waals surface area contributed by atoms with E-state index in [1.165, 1.54) is 6.92 Å². The second-order valence-electron chi connectivity index (χ2n) is 4.78. The van der Waals surface area contributed by atoms with Gasteiger partial charge in [-0.25, -0.2) is 4.52 Å². The lowest BCUT2D eigenvalue weighted by Crippen LogP contribution is -2.13. The summed E-state index contributed by atoms with van der Waals surface area (Å²) >= 11 is 6.20. The van der Waals surface area contributed by atoms with Gasteiger partial charge < -0.3 is 5.32 Å². The summed E-state index contributed by atoms with van der Waals surface area (Å²) in [6.45, 7) is 1.47. The third-order valence-corrected chi connectivity index (χ3v) is 3.59. The highest BCUT2D eigenvalue weighted by Crippen LogP contribution is 2.22. The van der Waals surface area contributed by atoms with Gasteiger partial charge in [0.2, 0.25) is 0 Å². The van der Waals surface area contributed by atoms with E-state index in [-0.39, 0.29) is 11.5 Å². The minimum absolute atomic E-state index is 0.0677. The minimum Gasteiger partial charge on any atom is -0.321 e. The largest absolute Gasteiger partial charge is 0.321 e. The van der Waals surface area contributed by atoms with E-state index in [0.717, 1.165) is 0 Å². The Balaban J connectivity index is 1.92. The van der Waals surface area contributed by atoms with Gasteiger partial charge in [-0.15, -0.1) is 0 Å². The van der Waals surface area contributed by atoms with E-state index in [0.29, 0.717) is 21.8 Å². The molecule has 2 aromatic heterocycles. The summed E-state index contributed by atoms with van der Waals surface area (Å²) in [6, 6.07) is 12.1. The molecule has 0 aliphatic heterocycles. The van der Waals surface area contributed by atoms with Gasteiger partial charge in [0.1, 0.15) is 0 Å². The van der Waals surface area contributed by atoms with Crippen LogP contribution in [0.1, 0.15) is 27.8 Å². The Bertz CT molecular complexity index is 886. The highest BCUT2D eigenvalue weighted by Gasteiger charge is 2.18. The number of carbonyl (C=O) groups excluding carboxylic acids is 2. The molecule has 0 spiro atoms. The van der Waals surface area contributed by atoms with Crippen molar-refractivity contribution in [2.24, 2.45) is 0 Å². The molecule has 0 aliphatic carbocycles. The van der Waals surface area contributed by atoms with E-state index >= 15 is 0 Å². The second-order valence-corrected chi connectivity index (χ2v) is 5.16. The molecule has 0 bridgehead atoms. The quantitative estimate of drug-likeness (QED) is 0.753. The van der Waals surface area contributed by atoms with Crippen molar-refractivity contribution in [3.63, 3.8) is 0 Å². The van der Waals surface area contributed by atoms with Crippen LogP contribution in [-0.4, -0.2) is 21.3 Å². The summed E-state index contributed by atoms with van der Waals surface area (Å²) in [7, 11) is 0. The van der Waals surface area contributed by atoms with Gasteiger partial charge in [0.15, 0.2) is 11.5 Å². The standard InChI is InChI=1S/C16H12ClN3O2/c1-10(21)11-5-4-6-12(9-11)18-16(22)15-14(17)13-7-2-3-8-20(13)19-15/h2-9H,1H3,(H,18,22).